The molecule has 4 rings (SSSR count). The van der Waals surface area contributed by atoms with Gasteiger partial charge in [-0.2, -0.15) is 0 Å². The molecular formula is C27H38O4. The number of carbonyl (C=O) groups excluding carboxylic acids is 3. The summed E-state index contributed by atoms with van der Waals surface area (Å²) in [7, 11) is 0. The zero-order valence-corrected chi connectivity index (χ0v) is 20.5. The number of ether oxygens (including phenoxy) is 1. The van der Waals surface area contributed by atoms with Gasteiger partial charge in [0.25, 0.3) is 0 Å². The monoisotopic (exact) mass is 426 g/mol. The average molecular weight is 427 g/mol. The highest BCUT2D eigenvalue weighted by Crippen LogP contribution is 2.81. The molecule has 0 saturated heterocycles. The molecule has 0 aromatic carbocycles. The molecule has 0 amide bonds. The summed E-state index contributed by atoms with van der Waals surface area (Å²) in [5.41, 5.74) is 0.266. The van der Waals surface area contributed by atoms with E-state index in [1.54, 1.807) is 6.92 Å². The fourth-order valence-corrected chi connectivity index (χ4v) is 8.85. The molecule has 2 fully saturated rings. The molecule has 0 bridgehead atoms. The minimum atomic E-state index is -1.07. The van der Waals surface area contributed by atoms with Crippen LogP contribution in [-0.2, 0) is 19.1 Å². The Hall–Kier alpha value is -1.71. The topological polar surface area (TPSA) is 60.4 Å². The van der Waals surface area contributed by atoms with E-state index in [0.29, 0.717) is 12.8 Å². The van der Waals surface area contributed by atoms with Crippen LogP contribution in [-0.4, -0.2) is 23.1 Å². The van der Waals surface area contributed by atoms with E-state index >= 15 is 0 Å². The van der Waals surface area contributed by atoms with Gasteiger partial charge in [0.15, 0.2) is 17.2 Å². The Morgan fingerprint density at radius 2 is 1.45 bits per heavy atom. The van der Waals surface area contributed by atoms with Gasteiger partial charge in [0.1, 0.15) is 0 Å². The van der Waals surface area contributed by atoms with E-state index in [1.807, 2.05) is 6.08 Å². The van der Waals surface area contributed by atoms with Crippen molar-refractivity contribution < 1.29 is 19.1 Å². The third-order valence-electron chi connectivity index (χ3n) is 11.3. The van der Waals surface area contributed by atoms with Gasteiger partial charge in [-0.1, -0.05) is 46.3 Å². The van der Waals surface area contributed by atoms with E-state index in [-0.39, 0.29) is 39.2 Å². The van der Waals surface area contributed by atoms with E-state index in [4.69, 9.17) is 4.74 Å². The first-order valence-corrected chi connectivity index (χ1v) is 11.8. The minimum absolute atomic E-state index is 0.0345. The van der Waals surface area contributed by atoms with Crippen molar-refractivity contribution in [3.05, 3.63) is 23.3 Å². The molecule has 0 aliphatic heterocycles. The number of esters is 1. The highest BCUT2D eigenvalue weighted by atomic mass is 16.6. The van der Waals surface area contributed by atoms with Gasteiger partial charge in [-0.05, 0) is 79.3 Å². The van der Waals surface area contributed by atoms with Crippen molar-refractivity contribution in [1.82, 2.24) is 0 Å². The number of ketones is 2. The van der Waals surface area contributed by atoms with E-state index in [9.17, 15) is 14.4 Å². The van der Waals surface area contributed by atoms with Crippen molar-refractivity contribution in [2.45, 2.75) is 99.5 Å². The summed E-state index contributed by atoms with van der Waals surface area (Å²) in [5.74, 6) is -0.184. The Morgan fingerprint density at radius 3 is 2.03 bits per heavy atom. The first kappa shape index (κ1) is 22.5. The highest BCUT2D eigenvalue weighted by Gasteiger charge is 2.78. The van der Waals surface area contributed by atoms with Gasteiger partial charge in [-0.15, -0.1) is 0 Å². The maximum atomic E-state index is 13.1. The van der Waals surface area contributed by atoms with Crippen molar-refractivity contribution in [2.24, 2.45) is 27.1 Å². The molecule has 0 heterocycles. The van der Waals surface area contributed by atoms with Crippen molar-refractivity contribution in [3.63, 3.8) is 0 Å². The Labute approximate surface area is 186 Å². The van der Waals surface area contributed by atoms with Gasteiger partial charge in [0.2, 0.25) is 0 Å². The van der Waals surface area contributed by atoms with Crippen LogP contribution in [0.3, 0.4) is 0 Å². The SMILES string of the molecule is CC(=O)O[C@]1(C(C)=O)CC[C@@]2(C)[C@]3(C)C=C(C)C4=CC(=O)CC[C@]4(C)[C@@]3(C)CC[C@@]21C. The summed E-state index contributed by atoms with van der Waals surface area (Å²) in [6.45, 7) is 16.8. The largest absolute Gasteiger partial charge is 0.451 e. The van der Waals surface area contributed by atoms with Gasteiger partial charge in [-0.3, -0.25) is 14.4 Å². The van der Waals surface area contributed by atoms with Crippen LogP contribution in [0.4, 0.5) is 0 Å². The Bertz CT molecular complexity index is 958. The van der Waals surface area contributed by atoms with Gasteiger partial charge in [0.05, 0.1) is 0 Å². The standard InChI is InChI=1S/C27H38O4/c1-17-16-26(8)23(5,22(4)10-9-20(30)15-21(17)22)11-12-25(7)24(26,6)13-14-27(25,18(2)28)31-19(3)29/h15-16H,9-14H2,1-8H3/t22-,23+,24+,25-,26+,27-/m0/s1. The minimum Gasteiger partial charge on any atom is -0.451 e. The number of Topliss-reactive ketones (excluding diaryl/α,β-unsaturated/α-hetero) is 1. The van der Waals surface area contributed by atoms with Gasteiger partial charge >= 0.3 is 5.97 Å². The quantitative estimate of drug-likeness (QED) is 0.528. The zero-order valence-electron chi connectivity index (χ0n) is 20.5. The van der Waals surface area contributed by atoms with E-state index in [1.165, 1.54) is 18.1 Å². The van der Waals surface area contributed by atoms with Crippen molar-refractivity contribution in [1.29, 1.82) is 0 Å². The van der Waals surface area contributed by atoms with Crippen LogP contribution in [0.2, 0.25) is 0 Å². The molecular weight excluding hydrogens is 388 g/mol. The maximum Gasteiger partial charge on any atom is 0.303 e. The molecule has 6 atom stereocenters. The molecule has 0 radical (unpaired) electrons. The molecule has 0 aromatic heterocycles. The second kappa shape index (κ2) is 6.20. The lowest BCUT2D eigenvalue weighted by molar-refractivity contribution is -0.227. The third kappa shape index (κ3) is 2.25. The second-order valence-corrected chi connectivity index (χ2v) is 11.9. The summed E-state index contributed by atoms with van der Waals surface area (Å²) in [6.07, 6.45) is 8.92. The van der Waals surface area contributed by atoms with Gasteiger partial charge in [-0.25, -0.2) is 0 Å². The molecule has 0 unspecified atom stereocenters. The lowest BCUT2D eigenvalue weighted by Crippen LogP contribution is -2.69. The van der Waals surface area contributed by atoms with Crippen LogP contribution < -0.4 is 0 Å². The molecule has 0 spiro atoms. The summed E-state index contributed by atoms with van der Waals surface area (Å²) >= 11 is 0. The number of hydrogen-bond donors (Lipinski definition) is 0. The summed E-state index contributed by atoms with van der Waals surface area (Å²) in [4.78, 5) is 37.6. The lowest BCUT2D eigenvalue weighted by Gasteiger charge is -2.72. The zero-order chi connectivity index (χ0) is 23.3. The Balaban J connectivity index is 1.98. The van der Waals surface area contributed by atoms with Crippen LogP contribution >= 0.6 is 0 Å². The van der Waals surface area contributed by atoms with Gasteiger partial charge in [0, 0.05) is 18.8 Å². The molecule has 2 saturated carbocycles. The maximum absolute atomic E-state index is 13.1. The van der Waals surface area contributed by atoms with Crippen LogP contribution in [0, 0.1) is 27.1 Å². The first-order chi connectivity index (χ1) is 14.1. The summed E-state index contributed by atoms with van der Waals surface area (Å²) < 4.78 is 5.96. The third-order valence-corrected chi connectivity index (χ3v) is 11.3. The lowest BCUT2D eigenvalue weighted by atomic mass is 9.31. The van der Waals surface area contributed by atoms with Gasteiger partial charge < -0.3 is 4.74 Å². The number of allylic oxidation sites excluding steroid dienone is 4. The number of rotatable bonds is 2. The van der Waals surface area contributed by atoms with Crippen molar-refractivity contribution >= 4 is 17.5 Å². The van der Waals surface area contributed by atoms with Crippen molar-refractivity contribution in [2.75, 3.05) is 0 Å². The molecule has 4 nitrogen and oxygen atoms in total. The van der Waals surface area contributed by atoms with Crippen LogP contribution in [0.1, 0.15) is 93.9 Å². The highest BCUT2D eigenvalue weighted by molar-refractivity contribution is 5.93. The second-order valence-electron chi connectivity index (χ2n) is 11.9. The van der Waals surface area contributed by atoms with E-state index in [2.05, 4.69) is 47.6 Å². The van der Waals surface area contributed by atoms with Crippen LogP contribution in [0.5, 0.6) is 0 Å². The molecule has 0 aromatic rings. The Morgan fingerprint density at radius 1 is 0.871 bits per heavy atom. The fraction of sp³-hybridized carbons (Fsp3) is 0.741. The average Bonchev–Trinajstić information content (AvgIpc) is 2.90. The predicted octanol–water partition coefficient (Wildman–Crippen LogP) is 5.75. The molecule has 0 N–H and O–H groups in total. The molecule has 4 aliphatic carbocycles. The Kier molecular flexibility index (Phi) is 4.50. The molecule has 170 valence electrons. The first-order valence-electron chi connectivity index (χ1n) is 11.8. The normalized spacial score (nSPS) is 48.7. The number of hydrogen-bond acceptors (Lipinski definition) is 4. The smallest absolute Gasteiger partial charge is 0.303 e. The van der Waals surface area contributed by atoms with Crippen molar-refractivity contribution in [3.8, 4) is 0 Å². The number of fused-ring (bicyclic) bond motifs is 5. The summed E-state index contributed by atoms with van der Waals surface area (Å²) in [6, 6.07) is 0. The van der Waals surface area contributed by atoms with E-state index in [0.717, 1.165) is 25.7 Å². The van der Waals surface area contributed by atoms with Crippen LogP contribution in [0.25, 0.3) is 0 Å². The van der Waals surface area contributed by atoms with E-state index < -0.39 is 11.0 Å². The fourth-order valence-electron chi connectivity index (χ4n) is 8.85. The summed E-state index contributed by atoms with van der Waals surface area (Å²) in [5, 5.41) is 0. The molecule has 4 heteroatoms. The number of carbonyl (C=O) groups is 3. The molecule has 31 heavy (non-hydrogen) atoms. The predicted molar refractivity (Wildman–Crippen MR) is 120 cm³/mol. The molecule has 4 aliphatic rings. The van der Waals surface area contributed by atoms with Crippen LogP contribution in [0.15, 0.2) is 23.3 Å².